The summed E-state index contributed by atoms with van der Waals surface area (Å²) in [6.07, 6.45) is 1.10. The summed E-state index contributed by atoms with van der Waals surface area (Å²) in [5, 5.41) is 6.44. The van der Waals surface area contributed by atoms with Crippen molar-refractivity contribution in [2.45, 2.75) is 6.42 Å². The number of amidine groups is 1. The van der Waals surface area contributed by atoms with E-state index in [4.69, 9.17) is 18.0 Å². The van der Waals surface area contributed by atoms with Gasteiger partial charge >= 0.3 is 0 Å². The molecule has 1 aromatic rings. The van der Waals surface area contributed by atoms with Crippen molar-refractivity contribution in [1.29, 1.82) is 0 Å². The van der Waals surface area contributed by atoms with E-state index >= 15 is 0 Å². The lowest BCUT2D eigenvalue weighted by Gasteiger charge is -2.14. The predicted octanol–water partition coefficient (Wildman–Crippen LogP) is 1.08. The van der Waals surface area contributed by atoms with Crippen LogP contribution in [0.5, 0.6) is 0 Å². The maximum atomic E-state index is 5.39. The molecule has 0 saturated heterocycles. The second kappa shape index (κ2) is 4.94. The maximum absolute atomic E-state index is 5.39. The minimum absolute atomic E-state index is 0.279. The first kappa shape index (κ1) is 10.9. The molecule has 0 bridgehead atoms. The van der Waals surface area contributed by atoms with E-state index < -0.39 is 0 Å². The highest BCUT2D eigenvalue weighted by atomic mass is 32.1. The third-order valence-corrected chi connectivity index (χ3v) is 2.43. The molecule has 1 heterocycles. The molecule has 4 nitrogen and oxygen atoms in total. The van der Waals surface area contributed by atoms with Crippen molar-refractivity contribution < 1.29 is 0 Å². The van der Waals surface area contributed by atoms with Crippen LogP contribution in [0, 0.1) is 0 Å². The Balaban J connectivity index is 2.12. The van der Waals surface area contributed by atoms with Gasteiger partial charge in [-0.05, 0) is 42.9 Å². The van der Waals surface area contributed by atoms with E-state index in [-0.39, 0.29) is 5.11 Å². The topological polar surface area (TPSA) is 62.4 Å². The Morgan fingerprint density at radius 1 is 1.38 bits per heavy atom. The van der Waals surface area contributed by atoms with Crippen molar-refractivity contribution in [2.75, 3.05) is 18.4 Å². The molecule has 5 heteroatoms. The Morgan fingerprint density at radius 3 is 2.69 bits per heavy atom. The standard InChI is InChI=1S/C11H14N4S/c12-11(16)15-9-4-2-8(3-5-9)10-13-6-1-7-14-10/h2-5H,1,6-7H2,(H,13,14)(H3,12,15,16). The minimum atomic E-state index is 0.279. The summed E-state index contributed by atoms with van der Waals surface area (Å²) in [6, 6.07) is 7.87. The molecule has 2 rings (SSSR count). The lowest BCUT2D eigenvalue weighted by atomic mass is 10.1. The van der Waals surface area contributed by atoms with E-state index in [0.29, 0.717) is 0 Å². The molecule has 0 radical (unpaired) electrons. The molecule has 1 aromatic carbocycles. The normalized spacial score (nSPS) is 14.9. The first-order valence-corrected chi connectivity index (χ1v) is 5.62. The van der Waals surface area contributed by atoms with Gasteiger partial charge in [-0.25, -0.2) is 0 Å². The summed E-state index contributed by atoms with van der Waals surface area (Å²) in [6.45, 7) is 1.89. The zero-order valence-corrected chi connectivity index (χ0v) is 9.68. The summed E-state index contributed by atoms with van der Waals surface area (Å²) in [5.74, 6) is 0.966. The Morgan fingerprint density at radius 2 is 2.12 bits per heavy atom. The van der Waals surface area contributed by atoms with Crippen LogP contribution in [0.15, 0.2) is 29.3 Å². The third-order valence-electron chi connectivity index (χ3n) is 2.32. The number of nitrogens with one attached hydrogen (secondary N) is 2. The minimum Gasteiger partial charge on any atom is -0.376 e. The van der Waals surface area contributed by atoms with Crippen molar-refractivity contribution in [3.8, 4) is 0 Å². The number of benzene rings is 1. The van der Waals surface area contributed by atoms with Crippen LogP contribution < -0.4 is 16.4 Å². The van der Waals surface area contributed by atoms with Crippen LogP contribution in [-0.4, -0.2) is 24.0 Å². The van der Waals surface area contributed by atoms with Crippen molar-refractivity contribution in [3.05, 3.63) is 29.8 Å². The van der Waals surface area contributed by atoms with E-state index in [9.17, 15) is 0 Å². The Hall–Kier alpha value is -1.62. The van der Waals surface area contributed by atoms with Gasteiger partial charge in [-0.2, -0.15) is 0 Å². The van der Waals surface area contributed by atoms with E-state index in [1.807, 2.05) is 24.3 Å². The average molecular weight is 234 g/mol. The van der Waals surface area contributed by atoms with Gasteiger partial charge < -0.3 is 16.4 Å². The van der Waals surface area contributed by atoms with Crippen molar-refractivity contribution in [3.63, 3.8) is 0 Å². The van der Waals surface area contributed by atoms with Crippen LogP contribution in [0.3, 0.4) is 0 Å². The van der Waals surface area contributed by atoms with E-state index in [2.05, 4.69) is 15.6 Å². The Labute approximate surface area is 99.9 Å². The van der Waals surface area contributed by atoms with Crippen molar-refractivity contribution in [2.24, 2.45) is 10.7 Å². The SMILES string of the molecule is NC(=S)Nc1ccc(C2=NCCCN2)cc1. The van der Waals surface area contributed by atoms with Crippen LogP contribution in [0.2, 0.25) is 0 Å². The van der Waals surface area contributed by atoms with Crippen LogP contribution in [0.25, 0.3) is 0 Å². The number of nitrogens with zero attached hydrogens (tertiary/aromatic N) is 1. The summed E-state index contributed by atoms with van der Waals surface area (Å²) in [7, 11) is 0. The van der Waals surface area contributed by atoms with Gasteiger partial charge in [0.05, 0.1) is 0 Å². The highest BCUT2D eigenvalue weighted by Crippen LogP contribution is 2.10. The smallest absolute Gasteiger partial charge is 0.168 e. The molecule has 4 N–H and O–H groups in total. The molecular formula is C11H14N4S. The molecule has 0 spiro atoms. The molecule has 1 aliphatic heterocycles. The molecule has 0 fully saturated rings. The van der Waals surface area contributed by atoms with Crippen LogP contribution in [0.4, 0.5) is 5.69 Å². The van der Waals surface area contributed by atoms with Gasteiger partial charge in [0.25, 0.3) is 0 Å². The largest absolute Gasteiger partial charge is 0.376 e. The number of hydrogen-bond acceptors (Lipinski definition) is 3. The van der Waals surface area contributed by atoms with Crippen LogP contribution >= 0.6 is 12.2 Å². The molecule has 0 unspecified atom stereocenters. The number of rotatable bonds is 2. The highest BCUT2D eigenvalue weighted by molar-refractivity contribution is 7.80. The van der Waals surface area contributed by atoms with Gasteiger partial charge in [0.2, 0.25) is 0 Å². The summed E-state index contributed by atoms with van der Waals surface area (Å²) in [5.41, 5.74) is 7.38. The zero-order chi connectivity index (χ0) is 11.4. The van der Waals surface area contributed by atoms with E-state index in [1.54, 1.807) is 0 Å². The van der Waals surface area contributed by atoms with Gasteiger partial charge in [0, 0.05) is 24.3 Å². The summed E-state index contributed by atoms with van der Waals surface area (Å²) < 4.78 is 0. The van der Waals surface area contributed by atoms with Gasteiger partial charge in [0.15, 0.2) is 5.11 Å². The fourth-order valence-corrected chi connectivity index (χ4v) is 1.70. The third kappa shape index (κ3) is 2.70. The van der Waals surface area contributed by atoms with Gasteiger partial charge in [-0.15, -0.1) is 0 Å². The molecule has 84 valence electrons. The Bertz CT molecular complexity index is 410. The molecule has 16 heavy (non-hydrogen) atoms. The lowest BCUT2D eigenvalue weighted by molar-refractivity contribution is 0.742. The van der Waals surface area contributed by atoms with Crippen molar-refractivity contribution >= 4 is 28.9 Å². The molecule has 0 aromatic heterocycles. The Kier molecular flexibility index (Phi) is 3.36. The second-order valence-corrected chi connectivity index (χ2v) is 4.02. The number of hydrogen-bond donors (Lipinski definition) is 3. The first-order chi connectivity index (χ1) is 7.75. The number of thiocarbonyl (C=S) groups is 1. The fourth-order valence-electron chi connectivity index (χ4n) is 1.58. The average Bonchev–Trinajstić information content (AvgIpc) is 2.30. The first-order valence-electron chi connectivity index (χ1n) is 5.21. The fraction of sp³-hybridized carbons (Fsp3) is 0.273. The quantitative estimate of drug-likeness (QED) is 0.670. The number of aliphatic imine (C=N–C) groups is 1. The van der Waals surface area contributed by atoms with Crippen LogP contribution in [-0.2, 0) is 0 Å². The highest BCUT2D eigenvalue weighted by Gasteiger charge is 2.06. The second-order valence-electron chi connectivity index (χ2n) is 3.58. The summed E-state index contributed by atoms with van der Waals surface area (Å²) in [4.78, 5) is 4.42. The number of anilines is 1. The van der Waals surface area contributed by atoms with Gasteiger partial charge in [-0.3, -0.25) is 4.99 Å². The predicted molar refractivity (Wildman–Crippen MR) is 70.9 cm³/mol. The van der Waals surface area contributed by atoms with Gasteiger partial charge in [-0.1, -0.05) is 0 Å². The zero-order valence-electron chi connectivity index (χ0n) is 8.86. The molecule has 0 amide bonds. The molecule has 0 atom stereocenters. The van der Waals surface area contributed by atoms with Crippen molar-refractivity contribution in [1.82, 2.24) is 5.32 Å². The monoisotopic (exact) mass is 234 g/mol. The molecular weight excluding hydrogens is 220 g/mol. The van der Waals surface area contributed by atoms with Crippen LogP contribution in [0.1, 0.15) is 12.0 Å². The van der Waals surface area contributed by atoms with E-state index in [0.717, 1.165) is 36.6 Å². The summed E-state index contributed by atoms with van der Waals surface area (Å²) >= 11 is 4.77. The molecule has 1 aliphatic rings. The maximum Gasteiger partial charge on any atom is 0.168 e. The number of nitrogens with two attached hydrogens (primary N) is 1. The molecule has 0 aliphatic carbocycles. The van der Waals surface area contributed by atoms with E-state index in [1.165, 1.54) is 0 Å². The lowest BCUT2D eigenvalue weighted by Crippen LogP contribution is -2.30. The van der Waals surface area contributed by atoms with Gasteiger partial charge in [0.1, 0.15) is 5.84 Å². The molecule has 0 saturated carbocycles.